The first-order chi connectivity index (χ1) is 13.3. The Morgan fingerprint density at radius 2 is 1.89 bits per heavy atom. The highest BCUT2D eigenvalue weighted by atomic mass is 32.2. The maximum Gasteiger partial charge on any atom is 0.271 e. The molecular formula is C19H22FN3O4S. The maximum absolute atomic E-state index is 13.2. The summed E-state index contributed by atoms with van der Waals surface area (Å²) < 4.78 is 41.1. The predicted molar refractivity (Wildman–Crippen MR) is 103 cm³/mol. The molecule has 1 amide bonds. The van der Waals surface area contributed by atoms with Crippen molar-refractivity contribution in [3.8, 4) is 0 Å². The molecule has 150 valence electrons. The molecule has 0 unspecified atom stereocenters. The van der Waals surface area contributed by atoms with Crippen LogP contribution in [0.25, 0.3) is 0 Å². The molecule has 1 N–H and O–H groups in total. The Labute approximate surface area is 162 Å². The van der Waals surface area contributed by atoms with Crippen LogP contribution in [-0.2, 0) is 21.4 Å². The fraction of sp³-hybridized carbons (Fsp3) is 0.368. The number of benzene rings is 1. The summed E-state index contributed by atoms with van der Waals surface area (Å²) in [5.74, 6) is -0.924. The predicted octanol–water partition coefficient (Wildman–Crippen LogP) is 2.11. The average molecular weight is 407 g/mol. The van der Waals surface area contributed by atoms with E-state index in [4.69, 9.17) is 0 Å². The lowest BCUT2D eigenvalue weighted by Gasteiger charge is -2.25. The largest absolute Gasteiger partial charge is 0.324 e. The van der Waals surface area contributed by atoms with Gasteiger partial charge in [0.2, 0.25) is 15.9 Å². The number of sulfonamides is 1. The smallest absolute Gasteiger partial charge is 0.271 e. The number of aromatic nitrogens is 1. The monoisotopic (exact) mass is 407 g/mol. The van der Waals surface area contributed by atoms with Crippen molar-refractivity contribution in [2.45, 2.75) is 37.6 Å². The quantitative estimate of drug-likeness (QED) is 0.822. The standard InChI is InChI=1S/C19H22FN3O4S/c1-14-12-15(20)7-8-16(14)21-18(24)13-22-9-5-6-17(19(22)25)28(26,27)23-10-3-2-4-11-23/h5-9,12H,2-4,10-11,13H2,1H3,(H,21,24). The molecule has 0 saturated carbocycles. The van der Waals surface area contributed by atoms with Crippen LogP contribution in [0.15, 0.2) is 46.2 Å². The van der Waals surface area contributed by atoms with Crippen LogP contribution < -0.4 is 10.9 Å². The van der Waals surface area contributed by atoms with Crippen molar-refractivity contribution in [3.05, 3.63) is 58.3 Å². The number of aryl methyl sites for hydroxylation is 1. The molecule has 0 aliphatic carbocycles. The highest BCUT2D eigenvalue weighted by Crippen LogP contribution is 2.18. The highest BCUT2D eigenvalue weighted by Gasteiger charge is 2.29. The first kappa shape index (κ1) is 20.2. The SMILES string of the molecule is Cc1cc(F)ccc1NC(=O)Cn1cccc(S(=O)(=O)N2CCCCC2)c1=O. The van der Waals surface area contributed by atoms with E-state index in [1.54, 1.807) is 6.92 Å². The van der Waals surface area contributed by atoms with Gasteiger partial charge in [0, 0.05) is 25.0 Å². The van der Waals surface area contributed by atoms with Gasteiger partial charge in [-0.3, -0.25) is 9.59 Å². The second kappa shape index (κ2) is 8.24. The van der Waals surface area contributed by atoms with E-state index in [1.165, 1.54) is 40.8 Å². The third-order valence-electron chi connectivity index (χ3n) is 4.69. The van der Waals surface area contributed by atoms with Crippen LogP contribution in [0.2, 0.25) is 0 Å². The maximum atomic E-state index is 13.2. The number of carbonyl (C=O) groups excluding carboxylic acids is 1. The topological polar surface area (TPSA) is 88.5 Å². The van der Waals surface area contributed by atoms with Gasteiger partial charge in [0.25, 0.3) is 5.56 Å². The van der Waals surface area contributed by atoms with E-state index in [1.807, 2.05) is 0 Å². The number of nitrogens with one attached hydrogen (secondary N) is 1. The Kier molecular flexibility index (Phi) is 5.95. The summed E-state index contributed by atoms with van der Waals surface area (Å²) in [5, 5.41) is 2.61. The summed E-state index contributed by atoms with van der Waals surface area (Å²) in [6, 6.07) is 6.65. The summed E-state index contributed by atoms with van der Waals surface area (Å²) in [4.78, 5) is 24.7. The summed E-state index contributed by atoms with van der Waals surface area (Å²) in [6.07, 6.45) is 3.86. The Morgan fingerprint density at radius 3 is 2.57 bits per heavy atom. The number of anilines is 1. The van der Waals surface area contributed by atoms with Crippen LogP contribution in [0, 0.1) is 12.7 Å². The number of halogens is 1. The minimum atomic E-state index is -3.89. The lowest BCUT2D eigenvalue weighted by atomic mass is 10.2. The van der Waals surface area contributed by atoms with Gasteiger partial charge in [-0.15, -0.1) is 0 Å². The van der Waals surface area contributed by atoms with Gasteiger partial charge in [0.05, 0.1) is 0 Å². The molecule has 1 saturated heterocycles. The molecule has 1 aromatic heterocycles. The molecule has 0 spiro atoms. The number of hydrogen-bond acceptors (Lipinski definition) is 4. The molecule has 0 radical (unpaired) electrons. The zero-order valence-electron chi connectivity index (χ0n) is 15.5. The molecule has 1 aromatic carbocycles. The third kappa shape index (κ3) is 4.31. The van der Waals surface area contributed by atoms with Crippen molar-refractivity contribution in [1.29, 1.82) is 0 Å². The van der Waals surface area contributed by atoms with Crippen LogP contribution in [0.1, 0.15) is 24.8 Å². The minimum absolute atomic E-state index is 0.331. The molecule has 0 bridgehead atoms. The summed E-state index contributed by atoms with van der Waals surface area (Å²) in [5.41, 5.74) is 0.234. The molecule has 2 heterocycles. The van der Waals surface area contributed by atoms with Gasteiger partial charge in [0.1, 0.15) is 17.3 Å². The van der Waals surface area contributed by atoms with Crippen LogP contribution in [-0.4, -0.2) is 36.3 Å². The molecule has 2 aromatic rings. The Morgan fingerprint density at radius 1 is 1.18 bits per heavy atom. The van der Waals surface area contributed by atoms with E-state index in [2.05, 4.69) is 5.32 Å². The zero-order chi connectivity index (χ0) is 20.3. The van der Waals surface area contributed by atoms with Gasteiger partial charge in [-0.05, 0) is 55.7 Å². The molecule has 7 nitrogen and oxygen atoms in total. The third-order valence-corrected chi connectivity index (χ3v) is 6.61. The number of carbonyl (C=O) groups is 1. The number of rotatable bonds is 5. The van der Waals surface area contributed by atoms with Gasteiger partial charge in [-0.25, -0.2) is 12.8 Å². The van der Waals surface area contributed by atoms with E-state index in [-0.39, 0.29) is 11.4 Å². The summed E-state index contributed by atoms with van der Waals surface area (Å²) in [6.45, 7) is 2.08. The fourth-order valence-electron chi connectivity index (χ4n) is 3.19. The van der Waals surface area contributed by atoms with Crippen molar-refractivity contribution >= 4 is 21.6 Å². The Bertz CT molecular complexity index is 1040. The van der Waals surface area contributed by atoms with Crippen LogP contribution in [0.5, 0.6) is 0 Å². The summed E-state index contributed by atoms with van der Waals surface area (Å²) >= 11 is 0. The molecule has 3 rings (SSSR count). The van der Waals surface area contributed by atoms with Crippen molar-refractivity contribution in [3.63, 3.8) is 0 Å². The van der Waals surface area contributed by atoms with Gasteiger partial charge in [0.15, 0.2) is 0 Å². The van der Waals surface area contributed by atoms with E-state index in [0.717, 1.165) is 23.8 Å². The first-order valence-electron chi connectivity index (χ1n) is 9.04. The van der Waals surface area contributed by atoms with Crippen LogP contribution in [0.4, 0.5) is 10.1 Å². The molecule has 9 heteroatoms. The molecule has 28 heavy (non-hydrogen) atoms. The van der Waals surface area contributed by atoms with Gasteiger partial charge in [-0.1, -0.05) is 6.42 Å². The molecule has 1 aliphatic heterocycles. The van der Waals surface area contributed by atoms with E-state index >= 15 is 0 Å². The Balaban J connectivity index is 1.81. The minimum Gasteiger partial charge on any atom is -0.324 e. The van der Waals surface area contributed by atoms with E-state index in [9.17, 15) is 22.4 Å². The number of pyridine rings is 1. The van der Waals surface area contributed by atoms with E-state index in [0.29, 0.717) is 24.3 Å². The normalized spacial score (nSPS) is 15.4. The first-order valence-corrected chi connectivity index (χ1v) is 10.5. The van der Waals surface area contributed by atoms with Crippen molar-refractivity contribution in [2.24, 2.45) is 0 Å². The van der Waals surface area contributed by atoms with Crippen molar-refractivity contribution in [2.75, 3.05) is 18.4 Å². The number of hydrogen-bond donors (Lipinski definition) is 1. The Hall–Kier alpha value is -2.52. The number of piperidine rings is 1. The molecular weight excluding hydrogens is 385 g/mol. The van der Waals surface area contributed by atoms with Gasteiger partial charge < -0.3 is 9.88 Å². The number of amides is 1. The van der Waals surface area contributed by atoms with Crippen LogP contribution >= 0.6 is 0 Å². The second-order valence-electron chi connectivity index (χ2n) is 6.78. The van der Waals surface area contributed by atoms with Gasteiger partial charge in [-0.2, -0.15) is 4.31 Å². The average Bonchev–Trinajstić information content (AvgIpc) is 2.66. The number of nitrogens with zero attached hydrogens (tertiary/aromatic N) is 2. The lowest BCUT2D eigenvalue weighted by molar-refractivity contribution is -0.116. The van der Waals surface area contributed by atoms with Crippen molar-refractivity contribution < 1.29 is 17.6 Å². The zero-order valence-corrected chi connectivity index (χ0v) is 16.3. The molecule has 1 aliphatic rings. The second-order valence-corrected chi connectivity index (χ2v) is 8.68. The fourth-order valence-corrected chi connectivity index (χ4v) is 4.80. The summed E-state index contributed by atoms with van der Waals surface area (Å²) in [7, 11) is -3.89. The highest BCUT2D eigenvalue weighted by molar-refractivity contribution is 7.89. The van der Waals surface area contributed by atoms with E-state index < -0.39 is 27.3 Å². The van der Waals surface area contributed by atoms with Gasteiger partial charge >= 0.3 is 0 Å². The van der Waals surface area contributed by atoms with Crippen molar-refractivity contribution in [1.82, 2.24) is 8.87 Å². The molecule has 1 fully saturated rings. The molecule has 0 atom stereocenters. The van der Waals surface area contributed by atoms with Crippen LogP contribution in [0.3, 0.4) is 0 Å². The lowest BCUT2D eigenvalue weighted by Crippen LogP contribution is -2.39.